The lowest BCUT2D eigenvalue weighted by Crippen LogP contribution is -2.45. The Kier molecular flexibility index (Phi) is 6.16. The van der Waals surface area contributed by atoms with Crippen LogP contribution in [0.4, 0.5) is 17.2 Å². The van der Waals surface area contributed by atoms with E-state index < -0.39 is 0 Å². The first kappa shape index (κ1) is 22.9. The zero-order chi connectivity index (χ0) is 24.4. The SMILES string of the molecule is CC1(C(=O)N2CCC[C@@H](C(=N)c3ccnc(N)c3Nc3ccc(Oc4ccccc4)cc3)C2)CC1. The van der Waals surface area contributed by atoms with Crippen molar-refractivity contribution >= 4 is 28.8 Å². The number of hydrogen-bond acceptors (Lipinski definition) is 6. The molecule has 5 rings (SSSR count). The molecule has 1 aliphatic carbocycles. The summed E-state index contributed by atoms with van der Waals surface area (Å²) in [4.78, 5) is 19.1. The Bertz CT molecular complexity index is 1220. The van der Waals surface area contributed by atoms with Crippen LogP contribution in [0.25, 0.3) is 0 Å². The maximum atomic E-state index is 12.9. The van der Waals surface area contributed by atoms with E-state index in [9.17, 15) is 4.79 Å². The number of nitrogens with zero attached hydrogens (tertiary/aromatic N) is 2. The second-order valence-corrected chi connectivity index (χ2v) is 9.75. The number of aromatic nitrogens is 1. The molecule has 1 aliphatic heterocycles. The fraction of sp³-hybridized carbons (Fsp3) is 0.321. The first-order valence-electron chi connectivity index (χ1n) is 12.2. The van der Waals surface area contributed by atoms with Crippen LogP contribution in [0.5, 0.6) is 11.5 Å². The lowest BCUT2D eigenvalue weighted by molar-refractivity contribution is -0.137. The molecule has 0 radical (unpaired) electrons. The minimum atomic E-state index is -0.186. The van der Waals surface area contributed by atoms with Gasteiger partial charge in [-0.3, -0.25) is 4.79 Å². The van der Waals surface area contributed by atoms with Crippen LogP contribution in [0.2, 0.25) is 0 Å². The fourth-order valence-corrected chi connectivity index (χ4v) is 4.61. The molecular weight excluding hydrogens is 438 g/mol. The molecule has 2 aliphatic rings. The van der Waals surface area contributed by atoms with Crippen LogP contribution < -0.4 is 15.8 Å². The number of nitrogens with two attached hydrogens (primary N) is 1. The quantitative estimate of drug-likeness (QED) is 0.390. The largest absolute Gasteiger partial charge is 0.457 e. The number of carbonyl (C=O) groups excluding carboxylic acids is 1. The Morgan fingerprint density at radius 3 is 2.54 bits per heavy atom. The highest BCUT2D eigenvalue weighted by molar-refractivity contribution is 6.07. The Morgan fingerprint density at radius 1 is 1.11 bits per heavy atom. The number of para-hydroxylation sites is 1. The van der Waals surface area contributed by atoms with Gasteiger partial charge in [0.05, 0.1) is 5.69 Å². The number of hydrogen-bond donors (Lipinski definition) is 3. The molecule has 2 heterocycles. The van der Waals surface area contributed by atoms with E-state index >= 15 is 0 Å². The summed E-state index contributed by atoms with van der Waals surface area (Å²) in [5, 5.41) is 12.4. The lowest BCUT2D eigenvalue weighted by Gasteiger charge is -2.35. The van der Waals surface area contributed by atoms with Crippen molar-refractivity contribution in [3.63, 3.8) is 0 Å². The Labute approximate surface area is 205 Å². The molecule has 0 bridgehead atoms. The summed E-state index contributed by atoms with van der Waals surface area (Å²) in [7, 11) is 0. The van der Waals surface area contributed by atoms with Crippen molar-refractivity contribution < 1.29 is 9.53 Å². The molecule has 180 valence electrons. The minimum Gasteiger partial charge on any atom is -0.457 e. The first-order chi connectivity index (χ1) is 16.9. The van der Waals surface area contributed by atoms with Gasteiger partial charge in [0, 0.05) is 47.6 Å². The third-order valence-electron chi connectivity index (χ3n) is 7.01. The number of likely N-dealkylation sites (tertiary alicyclic amines) is 1. The number of nitrogens with one attached hydrogen (secondary N) is 2. The molecule has 1 atom stereocenters. The zero-order valence-corrected chi connectivity index (χ0v) is 20.0. The standard InChI is InChI=1S/C28H31N5O2/c1-28(14-15-28)27(34)33-17-5-6-19(18-33)24(29)23-13-16-31-26(30)25(23)32-20-9-11-22(12-10-20)35-21-7-3-2-4-8-21/h2-4,7-13,16,19,29,32H,5-6,14-15,17-18H2,1H3,(H2,30,31)/t19-/m1/s1. The van der Waals surface area contributed by atoms with E-state index in [0.717, 1.165) is 55.0 Å². The monoisotopic (exact) mass is 469 g/mol. The Morgan fingerprint density at radius 2 is 1.83 bits per heavy atom. The third-order valence-corrected chi connectivity index (χ3v) is 7.01. The normalized spacial score (nSPS) is 18.5. The molecule has 2 aromatic carbocycles. The number of piperidine rings is 1. The summed E-state index contributed by atoms with van der Waals surface area (Å²) in [5.41, 5.74) is 8.71. The van der Waals surface area contributed by atoms with E-state index in [0.29, 0.717) is 23.8 Å². The van der Waals surface area contributed by atoms with Crippen LogP contribution >= 0.6 is 0 Å². The number of rotatable bonds is 7. The maximum Gasteiger partial charge on any atom is 0.228 e. The summed E-state index contributed by atoms with van der Waals surface area (Å²) in [6, 6.07) is 19.1. The number of pyridine rings is 1. The molecule has 3 aromatic rings. The Hall–Kier alpha value is -3.87. The van der Waals surface area contributed by atoms with E-state index in [1.165, 1.54) is 0 Å². The van der Waals surface area contributed by atoms with Crippen LogP contribution in [-0.4, -0.2) is 34.6 Å². The highest BCUT2D eigenvalue weighted by Gasteiger charge is 2.47. The molecule has 2 fully saturated rings. The molecule has 7 heteroatoms. The summed E-state index contributed by atoms with van der Waals surface area (Å²) < 4.78 is 5.88. The van der Waals surface area contributed by atoms with Crippen LogP contribution in [0.1, 0.15) is 38.2 Å². The van der Waals surface area contributed by atoms with Gasteiger partial charge in [-0.05, 0) is 68.1 Å². The summed E-state index contributed by atoms with van der Waals surface area (Å²) >= 11 is 0. The van der Waals surface area contributed by atoms with Crippen LogP contribution in [0, 0.1) is 16.7 Å². The van der Waals surface area contributed by atoms with Gasteiger partial charge in [0.25, 0.3) is 0 Å². The molecule has 4 N–H and O–H groups in total. The minimum absolute atomic E-state index is 0.0287. The number of ether oxygens (including phenoxy) is 1. The van der Waals surface area contributed by atoms with Crippen LogP contribution in [0.15, 0.2) is 66.9 Å². The smallest absolute Gasteiger partial charge is 0.228 e. The number of anilines is 3. The van der Waals surface area contributed by atoms with E-state index in [1.54, 1.807) is 6.20 Å². The Balaban J connectivity index is 1.31. The molecule has 1 aromatic heterocycles. The van der Waals surface area contributed by atoms with Gasteiger partial charge in [0.1, 0.15) is 17.3 Å². The molecule has 1 saturated heterocycles. The van der Waals surface area contributed by atoms with Gasteiger partial charge in [-0.15, -0.1) is 0 Å². The second-order valence-electron chi connectivity index (χ2n) is 9.75. The summed E-state index contributed by atoms with van der Waals surface area (Å²) in [6.45, 7) is 3.41. The van der Waals surface area contributed by atoms with Gasteiger partial charge in [-0.2, -0.15) is 0 Å². The number of benzene rings is 2. The number of carbonyl (C=O) groups is 1. The predicted octanol–water partition coefficient (Wildman–Crippen LogP) is 5.61. The zero-order valence-electron chi connectivity index (χ0n) is 20.0. The van der Waals surface area contributed by atoms with Gasteiger partial charge in [0.15, 0.2) is 0 Å². The third kappa shape index (κ3) is 4.99. The first-order valence-corrected chi connectivity index (χ1v) is 12.2. The highest BCUT2D eigenvalue weighted by Crippen LogP contribution is 2.47. The van der Waals surface area contributed by atoms with Crippen molar-refractivity contribution in [2.24, 2.45) is 11.3 Å². The summed E-state index contributed by atoms with van der Waals surface area (Å²) in [5.74, 6) is 2.05. The van der Waals surface area contributed by atoms with Gasteiger partial charge >= 0.3 is 0 Å². The average molecular weight is 470 g/mol. The van der Waals surface area contributed by atoms with Crippen molar-refractivity contribution in [2.45, 2.75) is 32.6 Å². The van der Waals surface area contributed by atoms with Crippen molar-refractivity contribution in [1.82, 2.24) is 9.88 Å². The predicted molar refractivity (Wildman–Crippen MR) is 138 cm³/mol. The van der Waals surface area contributed by atoms with Crippen molar-refractivity contribution in [3.05, 3.63) is 72.4 Å². The van der Waals surface area contributed by atoms with Gasteiger partial charge in [-0.1, -0.05) is 25.1 Å². The second kappa shape index (κ2) is 9.41. The molecule has 35 heavy (non-hydrogen) atoms. The van der Waals surface area contributed by atoms with E-state index in [2.05, 4.69) is 10.3 Å². The fourth-order valence-electron chi connectivity index (χ4n) is 4.61. The number of amides is 1. The number of nitrogen functional groups attached to an aromatic ring is 1. The molecule has 1 amide bonds. The topological polar surface area (TPSA) is 104 Å². The molecule has 1 saturated carbocycles. The van der Waals surface area contributed by atoms with Crippen molar-refractivity contribution in [1.29, 1.82) is 5.41 Å². The van der Waals surface area contributed by atoms with Crippen LogP contribution in [-0.2, 0) is 4.79 Å². The molecule has 0 spiro atoms. The maximum absolute atomic E-state index is 12.9. The molecule has 7 nitrogen and oxygen atoms in total. The van der Waals surface area contributed by atoms with E-state index in [1.807, 2.05) is 72.5 Å². The van der Waals surface area contributed by atoms with E-state index in [-0.39, 0.29) is 17.2 Å². The van der Waals surface area contributed by atoms with Crippen molar-refractivity contribution in [2.75, 3.05) is 24.1 Å². The summed E-state index contributed by atoms with van der Waals surface area (Å²) in [6.07, 6.45) is 5.36. The van der Waals surface area contributed by atoms with Gasteiger partial charge in [-0.25, -0.2) is 4.98 Å². The molecule has 0 unspecified atom stereocenters. The van der Waals surface area contributed by atoms with Gasteiger partial charge in [0.2, 0.25) is 5.91 Å². The van der Waals surface area contributed by atoms with Crippen molar-refractivity contribution in [3.8, 4) is 11.5 Å². The highest BCUT2D eigenvalue weighted by atomic mass is 16.5. The van der Waals surface area contributed by atoms with E-state index in [4.69, 9.17) is 15.9 Å². The average Bonchev–Trinajstić information content (AvgIpc) is 3.64. The van der Waals surface area contributed by atoms with Gasteiger partial charge < -0.3 is 26.1 Å². The lowest BCUT2D eigenvalue weighted by atomic mass is 9.88. The van der Waals surface area contributed by atoms with Crippen LogP contribution in [0.3, 0.4) is 0 Å². The molecular formula is C28H31N5O2.